The fraction of sp³-hybridized carbons (Fsp3) is 0.136. The summed E-state index contributed by atoms with van der Waals surface area (Å²) in [5.74, 6) is 0. The van der Waals surface area contributed by atoms with Crippen molar-refractivity contribution in [3.8, 4) is 0 Å². The van der Waals surface area contributed by atoms with Crippen LogP contribution in [0.4, 0.5) is 29.3 Å². The number of benzene rings is 3. The molecule has 0 aliphatic carbocycles. The Morgan fingerprint density at radius 2 is 1.61 bits per heavy atom. The quantitative estimate of drug-likeness (QED) is 0.460. The Labute approximate surface area is 194 Å². The average molecular weight is 498 g/mol. The van der Waals surface area contributed by atoms with Crippen molar-refractivity contribution < 1.29 is 26.4 Å². The summed E-state index contributed by atoms with van der Waals surface area (Å²) in [7, 11) is -3.86. The van der Waals surface area contributed by atoms with Crippen LogP contribution in [0, 0.1) is 0 Å². The van der Waals surface area contributed by atoms with Crippen molar-refractivity contribution in [3.05, 3.63) is 89.4 Å². The van der Waals surface area contributed by atoms with E-state index in [1.807, 2.05) is 0 Å². The number of hydrogen-bond acceptors (Lipinski definition) is 3. The summed E-state index contributed by atoms with van der Waals surface area (Å²) in [5, 5.41) is 3.02. The third-order valence-electron chi connectivity index (χ3n) is 4.51. The first kappa shape index (κ1) is 24.6. The van der Waals surface area contributed by atoms with Crippen LogP contribution in [0.25, 0.3) is 0 Å². The Morgan fingerprint density at radius 3 is 2.24 bits per heavy atom. The number of carbonyl (C=O) groups excluding carboxylic acids is 1. The van der Waals surface area contributed by atoms with Gasteiger partial charge in [-0.2, -0.15) is 13.2 Å². The van der Waals surface area contributed by atoms with Gasteiger partial charge in [-0.25, -0.2) is 17.9 Å². The van der Waals surface area contributed by atoms with E-state index in [1.54, 1.807) is 30.3 Å². The van der Waals surface area contributed by atoms with Gasteiger partial charge in [-0.15, -0.1) is 0 Å². The number of hydrogen-bond donors (Lipinski definition) is 2. The topological polar surface area (TPSA) is 78.5 Å². The molecule has 3 aromatic carbocycles. The largest absolute Gasteiger partial charge is 0.416 e. The molecule has 0 atom stereocenters. The number of amides is 2. The molecule has 0 saturated heterocycles. The van der Waals surface area contributed by atoms with Crippen LogP contribution in [-0.2, 0) is 16.2 Å². The summed E-state index contributed by atoms with van der Waals surface area (Å²) in [5.41, 5.74) is -0.615. The van der Waals surface area contributed by atoms with Gasteiger partial charge in [0.2, 0.25) is 10.0 Å². The van der Waals surface area contributed by atoms with E-state index in [0.29, 0.717) is 10.7 Å². The zero-order valence-corrected chi connectivity index (χ0v) is 18.6. The monoisotopic (exact) mass is 497 g/mol. The molecular weight excluding hydrogens is 479 g/mol. The minimum absolute atomic E-state index is 0.0289. The first-order valence-corrected chi connectivity index (χ1v) is 11.5. The van der Waals surface area contributed by atoms with Gasteiger partial charge in [-0.1, -0.05) is 35.9 Å². The zero-order valence-electron chi connectivity index (χ0n) is 17.0. The summed E-state index contributed by atoms with van der Waals surface area (Å²) in [6.45, 7) is -0.464. The molecule has 0 heterocycles. The molecule has 174 valence electrons. The molecule has 3 aromatic rings. The Bertz CT molecular complexity index is 1200. The Hall–Kier alpha value is -3.08. The number of halogens is 4. The molecule has 0 saturated carbocycles. The van der Waals surface area contributed by atoms with Crippen LogP contribution in [0.15, 0.2) is 83.8 Å². The van der Waals surface area contributed by atoms with Crippen LogP contribution in [0.3, 0.4) is 0 Å². The lowest BCUT2D eigenvalue weighted by Gasteiger charge is -2.24. The molecule has 3 rings (SSSR count). The third kappa shape index (κ3) is 6.70. The lowest BCUT2D eigenvalue weighted by molar-refractivity contribution is -0.137. The number of rotatable bonds is 7. The molecule has 0 fully saturated rings. The summed E-state index contributed by atoms with van der Waals surface area (Å²) < 4.78 is 66.8. The number of sulfonamides is 1. The first-order valence-electron chi connectivity index (χ1n) is 9.62. The van der Waals surface area contributed by atoms with Crippen LogP contribution in [0.1, 0.15) is 5.56 Å². The molecule has 6 nitrogen and oxygen atoms in total. The number of nitrogens with one attached hydrogen (secondary N) is 2. The van der Waals surface area contributed by atoms with E-state index >= 15 is 0 Å². The van der Waals surface area contributed by atoms with Gasteiger partial charge >= 0.3 is 12.2 Å². The van der Waals surface area contributed by atoms with E-state index in [0.717, 1.165) is 17.0 Å². The fourth-order valence-corrected chi connectivity index (χ4v) is 4.07. The molecule has 0 radical (unpaired) electrons. The van der Waals surface area contributed by atoms with Gasteiger partial charge in [-0.05, 0) is 54.6 Å². The second kappa shape index (κ2) is 10.2. The average Bonchev–Trinajstić information content (AvgIpc) is 2.78. The van der Waals surface area contributed by atoms with E-state index < -0.39 is 27.8 Å². The standard InChI is InChI=1S/C22H19ClF3N3O3S/c23-17-9-11-18(12-10-17)28-21(30)29(19-6-4-5-16(15-19)22(24,25)26)14-13-27-33(31,32)20-7-2-1-3-8-20/h1-12,15,27H,13-14H2,(H,28,30). The molecule has 2 N–H and O–H groups in total. The highest BCUT2D eigenvalue weighted by atomic mass is 35.5. The molecule has 0 unspecified atom stereocenters. The Kier molecular flexibility index (Phi) is 7.62. The van der Waals surface area contributed by atoms with E-state index in [9.17, 15) is 26.4 Å². The normalized spacial score (nSPS) is 11.8. The highest BCUT2D eigenvalue weighted by Gasteiger charge is 2.31. The second-order valence-corrected chi connectivity index (χ2v) is 9.05. The van der Waals surface area contributed by atoms with Crippen molar-refractivity contribution in [2.45, 2.75) is 11.1 Å². The molecule has 0 aromatic heterocycles. The molecule has 2 amide bonds. The molecule has 11 heteroatoms. The fourth-order valence-electron chi connectivity index (χ4n) is 2.90. The van der Waals surface area contributed by atoms with Crippen molar-refractivity contribution in [1.29, 1.82) is 0 Å². The maximum absolute atomic E-state index is 13.2. The van der Waals surface area contributed by atoms with Crippen LogP contribution >= 0.6 is 11.6 Å². The number of urea groups is 1. The van der Waals surface area contributed by atoms with Crippen molar-refractivity contribution in [1.82, 2.24) is 4.72 Å². The maximum atomic E-state index is 13.2. The van der Waals surface area contributed by atoms with Crippen molar-refractivity contribution in [2.75, 3.05) is 23.3 Å². The van der Waals surface area contributed by atoms with Crippen LogP contribution in [0.5, 0.6) is 0 Å². The highest BCUT2D eigenvalue weighted by Crippen LogP contribution is 2.32. The first-order chi connectivity index (χ1) is 15.6. The lowest BCUT2D eigenvalue weighted by atomic mass is 10.2. The number of nitrogens with zero attached hydrogens (tertiary/aromatic N) is 1. The second-order valence-electron chi connectivity index (χ2n) is 6.85. The third-order valence-corrected chi connectivity index (χ3v) is 6.24. The predicted octanol–water partition coefficient (Wildman–Crippen LogP) is 5.38. The lowest BCUT2D eigenvalue weighted by Crippen LogP contribution is -2.41. The summed E-state index contributed by atoms with van der Waals surface area (Å²) >= 11 is 5.83. The van der Waals surface area contributed by atoms with Gasteiger partial charge in [0.25, 0.3) is 0 Å². The van der Waals surface area contributed by atoms with Crippen LogP contribution in [-0.4, -0.2) is 27.5 Å². The zero-order chi connectivity index (χ0) is 24.1. The van der Waals surface area contributed by atoms with Crippen LogP contribution in [0.2, 0.25) is 5.02 Å². The molecular formula is C22H19ClF3N3O3S. The van der Waals surface area contributed by atoms with E-state index in [-0.39, 0.29) is 23.7 Å². The van der Waals surface area contributed by atoms with Gasteiger partial charge < -0.3 is 5.32 Å². The highest BCUT2D eigenvalue weighted by molar-refractivity contribution is 7.89. The van der Waals surface area contributed by atoms with Gasteiger partial charge in [0.1, 0.15) is 0 Å². The van der Waals surface area contributed by atoms with E-state index in [2.05, 4.69) is 10.0 Å². The summed E-state index contributed by atoms with van der Waals surface area (Å²) in [6, 6.07) is 17.2. The van der Waals surface area contributed by atoms with Gasteiger partial charge in [0.05, 0.1) is 10.5 Å². The maximum Gasteiger partial charge on any atom is 0.416 e. The molecule has 0 bridgehead atoms. The number of anilines is 2. The van der Waals surface area contributed by atoms with E-state index in [4.69, 9.17) is 11.6 Å². The van der Waals surface area contributed by atoms with Gasteiger partial charge in [0, 0.05) is 29.5 Å². The SMILES string of the molecule is O=C(Nc1ccc(Cl)cc1)N(CCNS(=O)(=O)c1ccccc1)c1cccc(C(F)(F)F)c1. The summed E-state index contributed by atoms with van der Waals surface area (Å²) in [6.07, 6.45) is -4.61. The smallest absolute Gasteiger partial charge is 0.308 e. The van der Waals surface area contributed by atoms with Crippen LogP contribution < -0.4 is 14.9 Å². The molecule has 0 spiro atoms. The van der Waals surface area contributed by atoms with Crippen molar-refractivity contribution >= 4 is 39.0 Å². The van der Waals surface area contributed by atoms with Gasteiger partial charge in [-0.3, -0.25) is 4.90 Å². The van der Waals surface area contributed by atoms with Gasteiger partial charge in [0.15, 0.2) is 0 Å². The van der Waals surface area contributed by atoms with Crippen molar-refractivity contribution in [3.63, 3.8) is 0 Å². The predicted molar refractivity (Wildman–Crippen MR) is 121 cm³/mol. The number of alkyl halides is 3. The minimum atomic E-state index is -4.61. The minimum Gasteiger partial charge on any atom is -0.308 e. The number of carbonyl (C=O) groups is 1. The van der Waals surface area contributed by atoms with E-state index in [1.165, 1.54) is 36.4 Å². The van der Waals surface area contributed by atoms with Crippen molar-refractivity contribution in [2.24, 2.45) is 0 Å². The molecule has 0 aliphatic rings. The molecule has 33 heavy (non-hydrogen) atoms. The Balaban J connectivity index is 1.82. The Morgan fingerprint density at radius 1 is 0.939 bits per heavy atom. The molecule has 0 aliphatic heterocycles. The summed E-state index contributed by atoms with van der Waals surface area (Å²) in [4.78, 5) is 14.0.